The minimum absolute atomic E-state index is 0.263. The molecule has 4 aromatic carbocycles. The van der Waals surface area contributed by atoms with Crippen molar-refractivity contribution >= 4 is 23.9 Å². The molecule has 0 radical (unpaired) electrons. The van der Waals surface area contributed by atoms with Gasteiger partial charge in [-0.1, -0.05) is 60.7 Å². The maximum Gasteiger partial charge on any atom is 0.339 e. The number of aromatic carboxylic acids is 4. The van der Waals surface area contributed by atoms with Crippen LogP contribution in [0.2, 0.25) is 0 Å². The topological polar surface area (TPSA) is 158 Å². The Balaban J connectivity index is 1.97. The van der Waals surface area contributed by atoms with Crippen LogP contribution in [-0.4, -0.2) is 44.3 Å². The van der Waals surface area contributed by atoms with Crippen molar-refractivity contribution in [1.82, 2.24) is 0 Å². The van der Waals surface area contributed by atoms with Crippen molar-refractivity contribution in [3.8, 4) is 33.8 Å². The van der Waals surface area contributed by atoms with Crippen molar-refractivity contribution in [3.63, 3.8) is 0 Å². The van der Waals surface area contributed by atoms with E-state index in [1.54, 1.807) is 60.7 Å². The van der Waals surface area contributed by atoms with Gasteiger partial charge in [-0.25, -0.2) is 19.2 Å². The summed E-state index contributed by atoms with van der Waals surface area (Å²) in [6.45, 7) is 0. The molecule has 0 bridgehead atoms. The molecule has 0 amide bonds. The quantitative estimate of drug-likeness (QED) is 0.242. The molecule has 9 nitrogen and oxygen atoms in total. The van der Waals surface area contributed by atoms with Crippen LogP contribution in [0.25, 0.3) is 22.3 Å². The second-order valence-electron chi connectivity index (χ2n) is 7.86. The molecule has 4 N–H and O–H groups in total. The lowest BCUT2D eigenvalue weighted by molar-refractivity contribution is 0.0679. The fourth-order valence-electron chi connectivity index (χ4n) is 3.81. The monoisotopic (exact) mass is 498 g/mol. The van der Waals surface area contributed by atoms with Crippen LogP contribution in [0.4, 0.5) is 0 Å². The molecule has 0 unspecified atom stereocenters. The molecular formula is C28H18O9. The lowest BCUT2D eigenvalue weighted by atomic mass is 9.97. The number of benzene rings is 4. The Bertz CT molecular complexity index is 1350. The van der Waals surface area contributed by atoms with Gasteiger partial charge in [0.15, 0.2) is 11.5 Å². The van der Waals surface area contributed by atoms with Crippen LogP contribution >= 0.6 is 0 Å². The van der Waals surface area contributed by atoms with Crippen LogP contribution < -0.4 is 4.74 Å². The SMILES string of the molecule is O=C(O)c1cc(-c2ccccc2)cc(C(=O)O)c1Oc1c(C(=O)O)cc(-c2ccccc2)cc1C(=O)O. The molecule has 37 heavy (non-hydrogen) atoms. The van der Waals surface area contributed by atoms with Gasteiger partial charge in [0.2, 0.25) is 0 Å². The molecule has 0 spiro atoms. The van der Waals surface area contributed by atoms with Gasteiger partial charge in [0.1, 0.15) is 22.3 Å². The molecule has 0 fully saturated rings. The second-order valence-corrected chi connectivity index (χ2v) is 7.86. The first kappa shape index (κ1) is 24.7. The summed E-state index contributed by atoms with van der Waals surface area (Å²) in [5, 5.41) is 39.5. The van der Waals surface area contributed by atoms with E-state index in [9.17, 15) is 39.6 Å². The van der Waals surface area contributed by atoms with E-state index in [4.69, 9.17) is 4.74 Å². The van der Waals surface area contributed by atoms with Gasteiger partial charge < -0.3 is 25.2 Å². The number of hydrogen-bond acceptors (Lipinski definition) is 5. The molecule has 0 aromatic heterocycles. The van der Waals surface area contributed by atoms with E-state index in [-0.39, 0.29) is 11.1 Å². The zero-order chi connectivity index (χ0) is 26.7. The standard InChI is InChI=1S/C28H18O9/c29-25(30)19-11-17(15-7-3-1-4-8-15)12-20(26(31)32)23(19)37-24-21(27(33)34)13-18(14-22(24)28(35)36)16-9-5-2-6-10-16/h1-14H,(H,29,30)(H,31,32)(H,33,34)(H,35,36). The van der Waals surface area contributed by atoms with Crippen LogP contribution in [0.5, 0.6) is 11.5 Å². The molecule has 0 saturated heterocycles. The smallest absolute Gasteiger partial charge is 0.339 e. The first-order chi connectivity index (χ1) is 17.7. The first-order valence-electron chi connectivity index (χ1n) is 10.7. The minimum atomic E-state index is -1.55. The highest BCUT2D eigenvalue weighted by Gasteiger charge is 2.28. The Kier molecular flexibility index (Phi) is 6.70. The van der Waals surface area contributed by atoms with Gasteiger partial charge >= 0.3 is 23.9 Å². The predicted octanol–water partition coefficient (Wildman–Crippen LogP) is 5.61. The van der Waals surface area contributed by atoms with Gasteiger partial charge in [0.05, 0.1) is 0 Å². The lowest BCUT2D eigenvalue weighted by Gasteiger charge is -2.18. The average Bonchev–Trinajstić information content (AvgIpc) is 2.89. The van der Waals surface area contributed by atoms with Crippen LogP contribution in [-0.2, 0) is 0 Å². The van der Waals surface area contributed by atoms with Gasteiger partial charge in [-0.15, -0.1) is 0 Å². The first-order valence-corrected chi connectivity index (χ1v) is 10.7. The van der Waals surface area contributed by atoms with Gasteiger partial charge in [-0.3, -0.25) is 0 Å². The van der Waals surface area contributed by atoms with Crippen LogP contribution in [0.3, 0.4) is 0 Å². The molecular weight excluding hydrogens is 480 g/mol. The highest BCUT2D eigenvalue weighted by Crippen LogP contribution is 2.39. The molecule has 0 saturated carbocycles. The Labute approximate surface area is 209 Å². The van der Waals surface area contributed by atoms with E-state index in [1.807, 2.05) is 0 Å². The van der Waals surface area contributed by atoms with Crippen molar-refractivity contribution in [2.45, 2.75) is 0 Å². The molecule has 0 aliphatic rings. The van der Waals surface area contributed by atoms with Crippen LogP contribution in [0, 0.1) is 0 Å². The normalized spacial score (nSPS) is 10.5. The molecule has 184 valence electrons. The fraction of sp³-hybridized carbons (Fsp3) is 0. The summed E-state index contributed by atoms with van der Waals surface area (Å²) >= 11 is 0. The van der Waals surface area contributed by atoms with Crippen molar-refractivity contribution < 1.29 is 44.3 Å². The maximum atomic E-state index is 12.1. The van der Waals surface area contributed by atoms with E-state index in [0.717, 1.165) is 0 Å². The molecule has 4 aromatic rings. The van der Waals surface area contributed by atoms with Crippen molar-refractivity contribution in [2.24, 2.45) is 0 Å². The summed E-state index contributed by atoms with van der Waals surface area (Å²) in [5.41, 5.74) is -0.750. The summed E-state index contributed by atoms with van der Waals surface area (Å²) in [7, 11) is 0. The van der Waals surface area contributed by atoms with E-state index < -0.39 is 57.6 Å². The summed E-state index contributed by atoms with van der Waals surface area (Å²) in [6.07, 6.45) is 0. The number of carbonyl (C=O) groups is 4. The number of rotatable bonds is 8. The molecule has 0 aliphatic heterocycles. The van der Waals surface area contributed by atoms with Gasteiger partial charge in [0.25, 0.3) is 0 Å². The molecule has 9 heteroatoms. The van der Waals surface area contributed by atoms with E-state index in [1.165, 1.54) is 24.3 Å². The maximum absolute atomic E-state index is 12.1. The van der Waals surface area contributed by atoms with E-state index in [0.29, 0.717) is 11.1 Å². The summed E-state index contributed by atoms with van der Waals surface area (Å²) in [5.74, 6) is -7.60. The number of carboxylic acids is 4. The second kappa shape index (κ2) is 10.0. The van der Waals surface area contributed by atoms with Gasteiger partial charge in [-0.05, 0) is 46.5 Å². The third kappa shape index (κ3) is 5.01. The highest BCUT2D eigenvalue weighted by atomic mass is 16.5. The van der Waals surface area contributed by atoms with Crippen molar-refractivity contribution in [2.75, 3.05) is 0 Å². The Morgan fingerprint density at radius 2 is 0.703 bits per heavy atom. The molecule has 0 heterocycles. The van der Waals surface area contributed by atoms with Crippen LogP contribution in [0.1, 0.15) is 41.4 Å². The van der Waals surface area contributed by atoms with Gasteiger partial charge in [-0.2, -0.15) is 0 Å². The zero-order valence-corrected chi connectivity index (χ0v) is 18.9. The lowest BCUT2D eigenvalue weighted by Crippen LogP contribution is -2.12. The third-order valence-electron chi connectivity index (χ3n) is 5.52. The van der Waals surface area contributed by atoms with E-state index in [2.05, 4.69) is 0 Å². The fourth-order valence-corrected chi connectivity index (χ4v) is 3.81. The van der Waals surface area contributed by atoms with Gasteiger partial charge in [0, 0.05) is 0 Å². The Morgan fingerprint density at radius 3 is 0.946 bits per heavy atom. The summed E-state index contributed by atoms with van der Waals surface area (Å²) in [4.78, 5) is 48.6. The third-order valence-corrected chi connectivity index (χ3v) is 5.52. The predicted molar refractivity (Wildman–Crippen MR) is 132 cm³/mol. The summed E-state index contributed by atoms with van der Waals surface area (Å²) in [6, 6.07) is 21.5. The summed E-state index contributed by atoms with van der Waals surface area (Å²) < 4.78 is 5.61. The zero-order valence-electron chi connectivity index (χ0n) is 18.9. The Hall–Kier alpha value is -5.44. The molecule has 0 aliphatic carbocycles. The molecule has 4 rings (SSSR count). The number of hydrogen-bond donors (Lipinski definition) is 4. The molecule has 0 atom stereocenters. The number of carboxylic acid groups (broad SMARTS) is 4. The highest BCUT2D eigenvalue weighted by molar-refractivity contribution is 6.03. The minimum Gasteiger partial charge on any atom is -0.478 e. The number of ether oxygens (including phenoxy) is 1. The van der Waals surface area contributed by atoms with E-state index >= 15 is 0 Å². The van der Waals surface area contributed by atoms with Crippen molar-refractivity contribution in [3.05, 3.63) is 107 Å². The Morgan fingerprint density at radius 1 is 0.432 bits per heavy atom. The van der Waals surface area contributed by atoms with Crippen LogP contribution in [0.15, 0.2) is 84.9 Å². The van der Waals surface area contributed by atoms with Crippen molar-refractivity contribution in [1.29, 1.82) is 0 Å². The average molecular weight is 498 g/mol. The largest absolute Gasteiger partial charge is 0.478 e.